The Morgan fingerprint density at radius 2 is 2.00 bits per heavy atom. The lowest BCUT2D eigenvalue weighted by Gasteiger charge is -2.13. The predicted molar refractivity (Wildman–Crippen MR) is 55.0 cm³/mol. The summed E-state index contributed by atoms with van der Waals surface area (Å²) in [5.74, 6) is 0.272. The second-order valence-corrected chi connectivity index (χ2v) is 3.23. The van der Waals surface area contributed by atoms with Crippen molar-refractivity contribution < 1.29 is 9.90 Å². The zero-order valence-electron chi connectivity index (χ0n) is 8.45. The summed E-state index contributed by atoms with van der Waals surface area (Å²) in [6.07, 6.45) is 0.489. The molecule has 0 aliphatic rings. The monoisotopic (exact) mass is 193 g/mol. The molecule has 0 aliphatic carbocycles. The smallest absolute Gasteiger partial charge is 0.220 e. The first-order valence-corrected chi connectivity index (χ1v) is 4.71. The Labute approximate surface area is 83.8 Å². The van der Waals surface area contributed by atoms with Gasteiger partial charge in [0.05, 0.1) is 6.04 Å². The fraction of sp³-hybridized carbons (Fsp3) is 0.364. The van der Waals surface area contributed by atoms with Crippen LogP contribution in [0.2, 0.25) is 0 Å². The summed E-state index contributed by atoms with van der Waals surface area (Å²) in [5.41, 5.74) is 0.990. The van der Waals surface area contributed by atoms with Gasteiger partial charge in [-0.1, -0.05) is 19.1 Å². The first kappa shape index (κ1) is 10.6. The van der Waals surface area contributed by atoms with Crippen molar-refractivity contribution in [2.45, 2.75) is 26.3 Å². The summed E-state index contributed by atoms with van der Waals surface area (Å²) in [5, 5.41) is 11.9. The predicted octanol–water partition coefficient (Wildman–Crippen LogP) is 1.98. The van der Waals surface area contributed by atoms with Crippen LogP contribution >= 0.6 is 0 Å². The van der Waals surface area contributed by atoms with E-state index < -0.39 is 0 Å². The zero-order valence-corrected chi connectivity index (χ0v) is 8.45. The van der Waals surface area contributed by atoms with Gasteiger partial charge in [-0.05, 0) is 24.6 Å². The van der Waals surface area contributed by atoms with Crippen LogP contribution in [0, 0.1) is 0 Å². The standard InChI is InChI=1S/C11H15NO2/c1-3-11(14)12-8(2)9-4-6-10(13)7-5-9/h4-8,13H,3H2,1-2H3,(H,12,14). The van der Waals surface area contributed by atoms with E-state index in [2.05, 4.69) is 5.32 Å². The van der Waals surface area contributed by atoms with Crippen molar-refractivity contribution in [2.75, 3.05) is 0 Å². The van der Waals surface area contributed by atoms with Crippen molar-refractivity contribution in [3.8, 4) is 5.75 Å². The number of carbonyl (C=O) groups is 1. The molecule has 1 aromatic carbocycles. The fourth-order valence-corrected chi connectivity index (χ4v) is 1.19. The van der Waals surface area contributed by atoms with E-state index in [-0.39, 0.29) is 17.7 Å². The van der Waals surface area contributed by atoms with Gasteiger partial charge >= 0.3 is 0 Å². The maximum absolute atomic E-state index is 11.1. The van der Waals surface area contributed by atoms with Crippen molar-refractivity contribution in [1.82, 2.24) is 5.32 Å². The van der Waals surface area contributed by atoms with Crippen molar-refractivity contribution in [3.63, 3.8) is 0 Å². The van der Waals surface area contributed by atoms with Gasteiger partial charge in [0.25, 0.3) is 0 Å². The second-order valence-electron chi connectivity index (χ2n) is 3.23. The number of hydrogen-bond donors (Lipinski definition) is 2. The summed E-state index contributed by atoms with van der Waals surface area (Å²) >= 11 is 0. The van der Waals surface area contributed by atoms with Crippen LogP contribution < -0.4 is 5.32 Å². The van der Waals surface area contributed by atoms with E-state index in [1.807, 2.05) is 13.8 Å². The van der Waals surface area contributed by atoms with Crippen molar-refractivity contribution in [2.24, 2.45) is 0 Å². The van der Waals surface area contributed by atoms with Gasteiger partial charge in [0.2, 0.25) is 5.91 Å². The van der Waals surface area contributed by atoms with Gasteiger partial charge in [-0.2, -0.15) is 0 Å². The van der Waals surface area contributed by atoms with Crippen LogP contribution in [0.5, 0.6) is 5.75 Å². The Kier molecular flexibility index (Phi) is 3.51. The first-order chi connectivity index (χ1) is 6.63. The lowest BCUT2D eigenvalue weighted by Crippen LogP contribution is -2.25. The topological polar surface area (TPSA) is 49.3 Å². The van der Waals surface area contributed by atoms with Gasteiger partial charge in [-0.25, -0.2) is 0 Å². The Morgan fingerprint density at radius 1 is 1.43 bits per heavy atom. The molecule has 0 aromatic heterocycles. The molecular formula is C11H15NO2. The number of carbonyl (C=O) groups excluding carboxylic acids is 1. The van der Waals surface area contributed by atoms with Crippen molar-refractivity contribution in [3.05, 3.63) is 29.8 Å². The Bertz CT molecular complexity index is 306. The molecular weight excluding hydrogens is 178 g/mol. The van der Waals surface area contributed by atoms with E-state index in [0.717, 1.165) is 5.56 Å². The van der Waals surface area contributed by atoms with Gasteiger partial charge < -0.3 is 10.4 Å². The van der Waals surface area contributed by atoms with Crippen molar-refractivity contribution in [1.29, 1.82) is 0 Å². The molecule has 2 N–H and O–H groups in total. The number of nitrogens with one attached hydrogen (secondary N) is 1. The van der Waals surface area contributed by atoms with Gasteiger partial charge in [0.1, 0.15) is 5.75 Å². The molecule has 0 fully saturated rings. The highest BCUT2D eigenvalue weighted by molar-refractivity contribution is 5.75. The highest BCUT2D eigenvalue weighted by atomic mass is 16.3. The number of phenols is 1. The third kappa shape index (κ3) is 2.76. The van der Waals surface area contributed by atoms with Crippen LogP contribution in [0.25, 0.3) is 0 Å². The molecule has 3 nitrogen and oxygen atoms in total. The van der Waals surface area contributed by atoms with E-state index in [0.29, 0.717) is 6.42 Å². The molecule has 1 rings (SSSR count). The number of benzene rings is 1. The Hall–Kier alpha value is -1.51. The molecule has 0 spiro atoms. The molecule has 0 bridgehead atoms. The third-order valence-corrected chi connectivity index (χ3v) is 2.09. The van der Waals surface area contributed by atoms with Gasteiger partial charge in [-0.3, -0.25) is 4.79 Å². The molecule has 1 atom stereocenters. The molecule has 0 saturated carbocycles. The SMILES string of the molecule is CCC(=O)NC(C)c1ccc(O)cc1. The summed E-state index contributed by atoms with van der Waals surface area (Å²) < 4.78 is 0. The van der Waals surface area contributed by atoms with Gasteiger partial charge in [-0.15, -0.1) is 0 Å². The lowest BCUT2D eigenvalue weighted by molar-refractivity contribution is -0.121. The minimum Gasteiger partial charge on any atom is -0.508 e. The highest BCUT2D eigenvalue weighted by Crippen LogP contribution is 2.16. The van der Waals surface area contributed by atoms with E-state index in [9.17, 15) is 4.79 Å². The van der Waals surface area contributed by atoms with Crippen LogP contribution in [-0.2, 0) is 4.79 Å². The van der Waals surface area contributed by atoms with E-state index in [4.69, 9.17) is 5.11 Å². The molecule has 14 heavy (non-hydrogen) atoms. The fourth-order valence-electron chi connectivity index (χ4n) is 1.19. The molecule has 1 amide bonds. The molecule has 0 radical (unpaired) electrons. The molecule has 1 unspecified atom stereocenters. The third-order valence-electron chi connectivity index (χ3n) is 2.09. The minimum absolute atomic E-state index is 0.0111. The average Bonchev–Trinajstić information content (AvgIpc) is 2.18. The summed E-state index contributed by atoms with van der Waals surface area (Å²) in [6, 6.07) is 6.82. The van der Waals surface area contributed by atoms with Crippen molar-refractivity contribution >= 4 is 5.91 Å². The summed E-state index contributed by atoms with van der Waals surface area (Å²) in [7, 11) is 0. The van der Waals surface area contributed by atoms with Crippen LogP contribution in [-0.4, -0.2) is 11.0 Å². The number of aromatic hydroxyl groups is 1. The number of amides is 1. The molecule has 76 valence electrons. The summed E-state index contributed by atoms with van der Waals surface area (Å²) in [4.78, 5) is 11.1. The average molecular weight is 193 g/mol. The Balaban J connectivity index is 2.65. The zero-order chi connectivity index (χ0) is 10.6. The van der Waals surface area contributed by atoms with Crippen LogP contribution in [0.1, 0.15) is 31.9 Å². The Morgan fingerprint density at radius 3 is 2.50 bits per heavy atom. The molecule has 0 heterocycles. The number of phenolic OH excluding ortho intramolecular Hbond substituents is 1. The van der Waals surface area contributed by atoms with Crippen LogP contribution in [0.15, 0.2) is 24.3 Å². The van der Waals surface area contributed by atoms with E-state index >= 15 is 0 Å². The maximum Gasteiger partial charge on any atom is 0.220 e. The second kappa shape index (κ2) is 4.65. The summed E-state index contributed by atoms with van der Waals surface area (Å²) in [6.45, 7) is 3.73. The molecule has 3 heteroatoms. The largest absolute Gasteiger partial charge is 0.508 e. The molecule has 0 aliphatic heterocycles. The van der Waals surface area contributed by atoms with Gasteiger partial charge in [0.15, 0.2) is 0 Å². The van der Waals surface area contributed by atoms with Crippen LogP contribution in [0.3, 0.4) is 0 Å². The van der Waals surface area contributed by atoms with Gasteiger partial charge in [0, 0.05) is 6.42 Å². The number of rotatable bonds is 3. The number of hydrogen-bond acceptors (Lipinski definition) is 2. The van der Waals surface area contributed by atoms with Crippen LogP contribution in [0.4, 0.5) is 0 Å². The quantitative estimate of drug-likeness (QED) is 0.771. The van der Waals surface area contributed by atoms with E-state index in [1.165, 1.54) is 0 Å². The lowest BCUT2D eigenvalue weighted by atomic mass is 10.1. The molecule has 1 aromatic rings. The normalized spacial score (nSPS) is 12.1. The molecule has 0 saturated heterocycles. The minimum atomic E-state index is -0.0111. The van der Waals surface area contributed by atoms with E-state index in [1.54, 1.807) is 24.3 Å². The highest BCUT2D eigenvalue weighted by Gasteiger charge is 2.07. The maximum atomic E-state index is 11.1. The first-order valence-electron chi connectivity index (χ1n) is 4.71.